The van der Waals surface area contributed by atoms with Crippen molar-refractivity contribution in [1.82, 2.24) is 13.7 Å². The Morgan fingerprint density at radius 3 is 1.24 bits per heavy atom. The van der Waals surface area contributed by atoms with Gasteiger partial charge in [0.2, 0.25) is 0 Å². The monoisotopic (exact) mass is 649 g/mol. The molecule has 0 aliphatic carbocycles. The first-order valence-corrected chi connectivity index (χ1v) is 17.5. The number of fused-ring (bicyclic) bond motifs is 9. The highest BCUT2D eigenvalue weighted by Crippen LogP contribution is 2.43. The third-order valence-electron chi connectivity index (χ3n) is 10.6. The van der Waals surface area contributed by atoms with Crippen molar-refractivity contribution in [1.29, 1.82) is 0 Å². The Labute approximate surface area is 294 Å². The van der Waals surface area contributed by atoms with Gasteiger partial charge in [-0.15, -0.1) is 0 Å². The summed E-state index contributed by atoms with van der Waals surface area (Å²) in [4.78, 5) is 0. The summed E-state index contributed by atoms with van der Waals surface area (Å²) in [6.07, 6.45) is 0. The lowest BCUT2D eigenvalue weighted by molar-refractivity contribution is 1.11. The summed E-state index contributed by atoms with van der Waals surface area (Å²) in [6, 6.07) is 68.4. The Morgan fingerprint density at radius 1 is 0.255 bits per heavy atom. The minimum Gasteiger partial charge on any atom is -0.307 e. The average molecular weight is 650 g/mol. The first-order chi connectivity index (χ1) is 25.3. The lowest BCUT2D eigenvalue weighted by atomic mass is 10.1. The maximum Gasteiger partial charge on any atom is 0.0783 e. The molecule has 0 saturated heterocycles. The van der Waals surface area contributed by atoms with E-state index in [2.05, 4.69) is 202 Å². The van der Waals surface area contributed by atoms with Crippen molar-refractivity contribution >= 4 is 65.4 Å². The third kappa shape index (κ3) is 4.00. The van der Waals surface area contributed by atoms with Crippen LogP contribution < -0.4 is 0 Å². The summed E-state index contributed by atoms with van der Waals surface area (Å²) < 4.78 is 7.44. The van der Waals surface area contributed by atoms with E-state index in [0.717, 1.165) is 17.1 Å². The smallest absolute Gasteiger partial charge is 0.0783 e. The Hall–Kier alpha value is -6.84. The van der Waals surface area contributed by atoms with Gasteiger partial charge in [0.25, 0.3) is 0 Å². The van der Waals surface area contributed by atoms with Crippen LogP contribution in [0.1, 0.15) is 0 Å². The van der Waals surface area contributed by atoms with Crippen LogP contribution in [0, 0.1) is 0 Å². The zero-order chi connectivity index (χ0) is 33.5. The topological polar surface area (TPSA) is 14.8 Å². The van der Waals surface area contributed by atoms with Gasteiger partial charge < -0.3 is 13.7 Å². The number of nitrogens with zero attached hydrogens (tertiary/aromatic N) is 3. The van der Waals surface area contributed by atoms with E-state index in [0.29, 0.717) is 0 Å². The van der Waals surface area contributed by atoms with Crippen molar-refractivity contribution in [3.05, 3.63) is 188 Å². The van der Waals surface area contributed by atoms with Gasteiger partial charge in [-0.05, 0) is 59.7 Å². The van der Waals surface area contributed by atoms with Gasteiger partial charge in [-0.1, -0.05) is 140 Å². The lowest BCUT2D eigenvalue weighted by Crippen LogP contribution is -2.03. The molecular weight excluding hydrogens is 619 g/mol. The van der Waals surface area contributed by atoms with Crippen molar-refractivity contribution in [2.24, 2.45) is 0 Å². The molecule has 238 valence electrons. The predicted octanol–water partition coefficient (Wildman–Crippen LogP) is 12.6. The third-order valence-corrected chi connectivity index (χ3v) is 10.6. The Bertz CT molecular complexity index is 3080. The number of hydrogen-bond donors (Lipinski definition) is 0. The molecule has 0 unspecified atom stereocenters. The van der Waals surface area contributed by atoms with Crippen LogP contribution in [0.15, 0.2) is 188 Å². The van der Waals surface area contributed by atoms with E-state index >= 15 is 0 Å². The molecule has 0 aliphatic rings. The standard InChI is InChI=1S/C48H31N3/c1-2-15-32(16-3-1)33-17-12-18-34(31-33)49-41-25-8-6-21-37(41)39-23-14-30-46(47(39)49)51-44-28-11-7-22-38(44)40-24-13-29-45(48(40)51)50-42-26-9-4-19-35(42)36-20-5-10-27-43(36)50/h1-31H. The molecule has 0 spiro atoms. The first-order valence-electron chi connectivity index (χ1n) is 17.5. The Kier molecular flexibility index (Phi) is 5.96. The van der Waals surface area contributed by atoms with Gasteiger partial charge in [0.05, 0.1) is 44.5 Å². The molecule has 0 N–H and O–H groups in total. The summed E-state index contributed by atoms with van der Waals surface area (Å²) >= 11 is 0. The van der Waals surface area contributed by atoms with Gasteiger partial charge in [0.1, 0.15) is 0 Å². The predicted molar refractivity (Wildman–Crippen MR) is 215 cm³/mol. The fraction of sp³-hybridized carbons (Fsp3) is 0. The molecular formula is C48H31N3. The van der Waals surface area contributed by atoms with Crippen LogP contribution in [-0.4, -0.2) is 13.7 Å². The van der Waals surface area contributed by atoms with E-state index in [1.807, 2.05) is 0 Å². The summed E-state index contributed by atoms with van der Waals surface area (Å²) in [5.74, 6) is 0. The van der Waals surface area contributed by atoms with E-state index in [9.17, 15) is 0 Å². The highest BCUT2D eigenvalue weighted by molar-refractivity contribution is 6.17. The highest BCUT2D eigenvalue weighted by Gasteiger charge is 2.23. The molecule has 11 rings (SSSR count). The summed E-state index contributed by atoms with van der Waals surface area (Å²) in [6.45, 7) is 0. The molecule has 0 saturated carbocycles. The van der Waals surface area contributed by atoms with E-state index in [-0.39, 0.29) is 0 Å². The van der Waals surface area contributed by atoms with Gasteiger partial charge in [-0.25, -0.2) is 0 Å². The molecule has 3 heteroatoms. The summed E-state index contributed by atoms with van der Waals surface area (Å²) in [5, 5.41) is 7.45. The van der Waals surface area contributed by atoms with Gasteiger partial charge in [0, 0.05) is 38.0 Å². The zero-order valence-electron chi connectivity index (χ0n) is 27.7. The van der Waals surface area contributed by atoms with Crippen molar-refractivity contribution in [2.75, 3.05) is 0 Å². The largest absolute Gasteiger partial charge is 0.307 e. The minimum absolute atomic E-state index is 1.14. The molecule has 3 nitrogen and oxygen atoms in total. The second-order valence-corrected chi connectivity index (χ2v) is 13.3. The molecule has 0 radical (unpaired) electrons. The second kappa shape index (κ2) is 10.8. The molecule has 51 heavy (non-hydrogen) atoms. The first kappa shape index (κ1) is 28.0. The number of rotatable bonds is 4. The van der Waals surface area contributed by atoms with E-state index in [4.69, 9.17) is 0 Å². The van der Waals surface area contributed by atoms with Gasteiger partial charge in [-0.3, -0.25) is 0 Å². The Balaban J connectivity index is 1.30. The molecule has 0 aliphatic heterocycles. The van der Waals surface area contributed by atoms with Crippen LogP contribution >= 0.6 is 0 Å². The van der Waals surface area contributed by atoms with E-state index in [1.165, 1.54) is 76.5 Å². The van der Waals surface area contributed by atoms with Crippen molar-refractivity contribution < 1.29 is 0 Å². The summed E-state index contributed by atoms with van der Waals surface area (Å²) in [5.41, 5.74) is 13.0. The average Bonchev–Trinajstić information content (AvgIpc) is 3.84. The van der Waals surface area contributed by atoms with Crippen molar-refractivity contribution in [3.63, 3.8) is 0 Å². The quantitative estimate of drug-likeness (QED) is 0.180. The molecule has 0 bridgehead atoms. The lowest BCUT2D eigenvalue weighted by Gasteiger charge is -2.17. The van der Waals surface area contributed by atoms with Gasteiger partial charge in [0.15, 0.2) is 0 Å². The van der Waals surface area contributed by atoms with Crippen LogP contribution in [0.5, 0.6) is 0 Å². The van der Waals surface area contributed by atoms with Gasteiger partial charge in [-0.2, -0.15) is 0 Å². The van der Waals surface area contributed by atoms with Crippen LogP contribution in [-0.2, 0) is 0 Å². The van der Waals surface area contributed by atoms with Crippen LogP contribution in [0.2, 0.25) is 0 Å². The van der Waals surface area contributed by atoms with Gasteiger partial charge >= 0.3 is 0 Å². The molecule has 11 aromatic rings. The van der Waals surface area contributed by atoms with Crippen molar-refractivity contribution in [2.45, 2.75) is 0 Å². The molecule has 3 heterocycles. The normalized spacial score (nSPS) is 11.9. The van der Waals surface area contributed by atoms with Crippen LogP contribution in [0.3, 0.4) is 0 Å². The fourth-order valence-electron chi connectivity index (χ4n) is 8.52. The Morgan fingerprint density at radius 2 is 0.647 bits per heavy atom. The fourth-order valence-corrected chi connectivity index (χ4v) is 8.52. The number of para-hydroxylation sites is 6. The SMILES string of the molecule is c1ccc(-c2cccc(-n3c4ccccc4c4cccc(-n5c6ccccc6c6cccc(-n7c8ccccc8c8ccccc87)c65)c43)c2)cc1. The number of aromatic nitrogens is 3. The van der Waals surface area contributed by atoms with E-state index < -0.39 is 0 Å². The molecule has 3 aromatic heterocycles. The van der Waals surface area contributed by atoms with Crippen molar-refractivity contribution in [3.8, 4) is 28.2 Å². The highest BCUT2D eigenvalue weighted by atomic mass is 15.1. The number of hydrogen-bond acceptors (Lipinski definition) is 0. The van der Waals surface area contributed by atoms with Crippen LogP contribution in [0.4, 0.5) is 0 Å². The summed E-state index contributed by atoms with van der Waals surface area (Å²) in [7, 11) is 0. The molecule has 8 aromatic carbocycles. The minimum atomic E-state index is 1.14. The maximum absolute atomic E-state index is 2.52. The molecule has 0 atom stereocenters. The molecule has 0 amide bonds. The molecule has 0 fully saturated rings. The van der Waals surface area contributed by atoms with Crippen LogP contribution in [0.25, 0.3) is 93.6 Å². The maximum atomic E-state index is 2.52. The second-order valence-electron chi connectivity index (χ2n) is 13.3. The zero-order valence-corrected chi connectivity index (χ0v) is 27.7. The van der Waals surface area contributed by atoms with E-state index in [1.54, 1.807) is 0 Å². The number of benzene rings is 8.